The SMILES string of the molecule is O=C1C=CC(=O)N1c1cccc(N2C(=O)C=CC2=O)n1. The molecule has 7 nitrogen and oxygen atoms in total. The molecule has 0 radical (unpaired) electrons. The van der Waals surface area contributed by atoms with Gasteiger partial charge in [-0.1, -0.05) is 6.07 Å². The Kier molecular flexibility index (Phi) is 2.53. The molecule has 0 bridgehead atoms. The fourth-order valence-corrected chi connectivity index (χ4v) is 1.91. The minimum absolute atomic E-state index is 0.0648. The maximum Gasteiger partial charge on any atom is 0.259 e. The topological polar surface area (TPSA) is 87.7 Å². The first-order chi connectivity index (χ1) is 9.58. The molecule has 2 aliphatic heterocycles. The number of amides is 4. The largest absolute Gasteiger partial charge is 0.269 e. The second kappa shape index (κ2) is 4.23. The summed E-state index contributed by atoms with van der Waals surface area (Å²) in [6.45, 7) is 0. The third-order valence-corrected chi connectivity index (χ3v) is 2.80. The van der Waals surface area contributed by atoms with Gasteiger partial charge in [-0.15, -0.1) is 0 Å². The van der Waals surface area contributed by atoms with Crippen molar-refractivity contribution in [3.8, 4) is 0 Å². The summed E-state index contributed by atoms with van der Waals surface area (Å²) in [4.78, 5) is 52.0. The molecule has 0 atom stereocenters. The van der Waals surface area contributed by atoms with Crippen molar-refractivity contribution in [3.05, 3.63) is 42.5 Å². The van der Waals surface area contributed by atoms with Gasteiger partial charge in [0.05, 0.1) is 0 Å². The minimum Gasteiger partial charge on any atom is -0.269 e. The summed E-state index contributed by atoms with van der Waals surface area (Å²) in [6.07, 6.45) is 4.52. The molecular weight excluding hydrogens is 262 g/mol. The van der Waals surface area contributed by atoms with Crippen LogP contribution in [-0.4, -0.2) is 28.6 Å². The summed E-state index contributed by atoms with van der Waals surface area (Å²) in [6, 6.07) is 4.41. The van der Waals surface area contributed by atoms with Crippen molar-refractivity contribution in [2.75, 3.05) is 9.80 Å². The van der Waals surface area contributed by atoms with Crippen LogP contribution in [0.25, 0.3) is 0 Å². The van der Waals surface area contributed by atoms with Crippen LogP contribution >= 0.6 is 0 Å². The number of hydrogen-bond acceptors (Lipinski definition) is 5. The van der Waals surface area contributed by atoms with E-state index in [9.17, 15) is 19.2 Å². The average molecular weight is 269 g/mol. The Bertz CT molecular complexity index is 627. The molecule has 0 saturated heterocycles. The van der Waals surface area contributed by atoms with E-state index in [4.69, 9.17) is 0 Å². The lowest BCUT2D eigenvalue weighted by atomic mass is 10.4. The van der Waals surface area contributed by atoms with E-state index in [1.54, 1.807) is 0 Å². The van der Waals surface area contributed by atoms with Crippen LogP contribution in [0.1, 0.15) is 0 Å². The van der Waals surface area contributed by atoms with Crippen molar-refractivity contribution >= 4 is 35.3 Å². The van der Waals surface area contributed by atoms with Crippen molar-refractivity contribution < 1.29 is 19.2 Å². The number of anilines is 2. The molecule has 0 aromatic carbocycles. The van der Waals surface area contributed by atoms with E-state index in [2.05, 4.69) is 4.98 Å². The van der Waals surface area contributed by atoms with Gasteiger partial charge in [-0.2, -0.15) is 0 Å². The predicted octanol–water partition coefficient (Wildman–Crippen LogP) is -0.0596. The van der Waals surface area contributed by atoms with Crippen molar-refractivity contribution in [3.63, 3.8) is 0 Å². The number of rotatable bonds is 2. The fourth-order valence-electron chi connectivity index (χ4n) is 1.91. The third kappa shape index (κ3) is 1.72. The molecule has 0 N–H and O–H groups in total. The van der Waals surface area contributed by atoms with Gasteiger partial charge in [-0.25, -0.2) is 14.8 Å². The Hall–Kier alpha value is -3.09. The smallest absolute Gasteiger partial charge is 0.259 e. The maximum absolute atomic E-state index is 11.6. The van der Waals surface area contributed by atoms with Gasteiger partial charge in [0.25, 0.3) is 23.6 Å². The van der Waals surface area contributed by atoms with Gasteiger partial charge in [0, 0.05) is 24.3 Å². The molecule has 0 aliphatic carbocycles. The van der Waals surface area contributed by atoms with E-state index in [0.29, 0.717) is 0 Å². The van der Waals surface area contributed by atoms with Crippen LogP contribution in [0.15, 0.2) is 42.5 Å². The second-order valence-electron chi connectivity index (χ2n) is 4.04. The Morgan fingerprint density at radius 2 is 1.00 bits per heavy atom. The van der Waals surface area contributed by atoms with Gasteiger partial charge in [0.15, 0.2) is 0 Å². The van der Waals surface area contributed by atoms with Crippen LogP contribution in [-0.2, 0) is 19.2 Å². The lowest BCUT2D eigenvalue weighted by Crippen LogP contribution is -2.33. The molecule has 3 heterocycles. The van der Waals surface area contributed by atoms with Gasteiger partial charge in [0.1, 0.15) is 11.6 Å². The van der Waals surface area contributed by atoms with Crippen molar-refractivity contribution in [1.82, 2.24) is 4.98 Å². The number of carbonyl (C=O) groups excluding carboxylic acids is 4. The molecule has 20 heavy (non-hydrogen) atoms. The highest BCUT2D eigenvalue weighted by Crippen LogP contribution is 2.22. The zero-order chi connectivity index (χ0) is 14.3. The zero-order valence-electron chi connectivity index (χ0n) is 10.0. The van der Waals surface area contributed by atoms with Crippen molar-refractivity contribution in [2.45, 2.75) is 0 Å². The highest BCUT2D eigenvalue weighted by Gasteiger charge is 2.29. The van der Waals surface area contributed by atoms with E-state index < -0.39 is 23.6 Å². The molecule has 7 heteroatoms. The van der Waals surface area contributed by atoms with Gasteiger partial charge in [0.2, 0.25) is 0 Å². The van der Waals surface area contributed by atoms with E-state index in [1.807, 2.05) is 0 Å². The summed E-state index contributed by atoms with van der Waals surface area (Å²) in [5, 5.41) is 0. The molecule has 2 aliphatic rings. The quantitative estimate of drug-likeness (QED) is 0.702. The van der Waals surface area contributed by atoms with Crippen LogP contribution in [0.4, 0.5) is 11.6 Å². The molecule has 0 unspecified atom stereocenters. The van der Waals surface area contributed by atoms with Crippen LogP contribution in [0.5, 0.6) is 0 Å². The molecular formula is C13H7N3O4. The van der Waals surface area contributed by atoms with E-state index in [1.165, 1.54) is 18.2 Å². The summed E-state index contributed by atoms with van der Waals surface area (Å²) in [5.41, 5.74) is 0. The standard InChI is InChI=1S/C13H7N3O4/c17-10-4-5-11(18)15(10)8-2-1-3-9(14-8)16-12(19)6-7-13(16)20/h1-7H. The van der Waals surface area contributed by atoms with Gasteiger partial charge in [-0.05, 0) is 12.1 Å². The van der Waals surface area contributed by atoms with Crippen molar-refractivity contribution in [1.29, 1.82) is 0 Å². The lowest BCUT2D eigenvalue weighted by Gasteiger charge is -2.17. The van der Waals surface area contributed by atoms with Gasteiger partial charge in [-0.3, -0.25) is 19.2 Å². The second-order valence-corrected chi connectivity index (χ2v) is 4.04. The number of carbonyl (C=O) groups is 4. The molecule has 0 saturated carbocycles. The molecule has 0 spiro atoms. The number of hydrogen-bond donors (Lipinski definition) is 0. The lowest BCUT2D eigenvalue weighted by molar-refractivity contribution is -0.121. The third-order valence-electron chi connectivity index (χ3n) is 2.80. The first kappa shape index (κ1) is 12.0. The highest BCUT2D eigenvalue weighted by atomic mass is 16.2. The monoisotopic (exact) mass is 269 g/mol. The highest BCUT2D eigenvalue weighted by molar-refractivity contribution is 6.29. The molecule has 3 rings (SSSR count). The van der Waals surface area contributed by atoms with E-state index >= 15 is 0 Å². The first-order valence-corrected chi connectivity index (χ1v) is 5.67. The van der Waals surface area contributed by atoms with Crippen molar-refractivity contribution in [2.24, 2.45) is 0 Å². The Morgan fingerprint density at radius 3 is 1.35 bits per heavy atom. The number of imide groups is 2. The fraction of sp³-hybridized carbons (Fsp3) is 0. The van der Waals surface area contributed by atoms with Crippen LogP contribution in [0, 0.1) is 0 Å². The van der Waals surface area contributed by atoms with E-state index in [0.717, 1.165) is 34.1 Å². The Labute approximate surface area is 112 Å². The molecule has 4 amide bonds. The minimum atomic E-state index is -0.517. The average Bonchev–Trinajstić information content (AvgIpc) is 2.93. The number of pyridine rings is 1. The Balaban J connectivity index is 1.99. The van der Waals surface area contributed by atoms with Gasteiger partial charge < -0.3 is 0 Å². The zero-order valence-corrected chi connectivity index (χ0v) is 10.0. The number of aromatic nitrogens is 1. The normalized spacial score (nSPS) is 17.8. The molecule has 0 fully saturated rings. The maximum atomic E-state index is 11.6. The first-order valence-electron chi connectivity index (χ1n) is 5.67. The van der Waals surface area contributed by atoms with Crippen LogP contribution < -0.4 is 9.80 Å². The molecule has 98 valence electrons. The molecule has 1 aromatic heterocycles. The Morgan fingerprint density at radius 1 is 0.650 bits per heavy atom. The van der Waals surface area contributed by atoms with Crippen LogP contribution in [0.2, 0.25) is 0 Å². The predicted molar refractivity (Wildman–Crippen MR) is 67.5 cm³/mol. The molecule has 1 aromatic rings. The number of nitrogens with zero attached hydrogens (tertiary/aromatic N) is 3. The van der Waals surface area contributed by atoms with E-state index in [-0.39, 0.29) is 11.6 Å². The summed E-state index contributed by atoms with van der Waals surface area (Å²) in [5.74, 6) is -1.94. The summed E-state index contributed by atoms with van der Waals surface area (Å²) < 4.78 is 0. The van der Waals surface area contributed by atoms with Crippen LogP contribution in [0.3, 0.4) is 0 Å². The summed E-state index contributed by atoms with van der Waals surface area (Å²) >= 11 is 0. The van der Waals surface area contributed by atoms with Gasteiger partial charge >= 0.3 is 0 Å². The summed E-state index contributed by atoms with van der Waals surface area (Å²) in [7, 11) is 0.